The van der Waals surface area contributed by atoms with Gasteiger partial charge in [0.05, 0.1) is 0 Å². The van der Waals surface area contributed by atoms with Crippen LogP contribution in [0.2, 0.25) is 0 Å². The molecule has 1 aliphatic rings. The zero-order valence-corrected chi connectivity index (χ0v) is 12.9. The molecule has 2 rings (SSSR count). The molecule has 98 valence electrons. The summed E-state index contributed by atoms with van der Waals surface area (Å²) in [6.45, 7) is 2.24. The number of alkyl halides is 1. The van der Waals surface area contributed by atoms with E-state index in [4.69, 9.17) is 0 Å². The molecule has 0 aliphatic heterocycles. The van der Waals surface area contributed by atoms with Gasteiger partial charge in [-0.05, 0) is 36.3 Å². The molecule has 0 bridgehead atoms. The van der Waals surface area contributed by atoms with Crippen molar-refractivity contribution in [3.8, 4) is 0 Å². The number of allylic oxidation sites excluding steroid dienone is 1. The monoisotopic (exact) mass is 306 g/mol. The number of benzene rings is 1. The highest BCUT2D eigenvalue weighted by molar-refractivity contribution is 9.09. The molecule has 1 fully saturated rings. The first-order valence-corrected chi connectivity index (χ1v) is 8.31. The van der Waals surface area contributed by atoms with Gasteiger partial charge in [0.15, 0.2) is 0 Å². The molecule has 0 nitrogen and oxygen atoms in total. The van der Waals surface area contributed by atoms with E-state index in [1.165, 1.54) is 43.2 Å². The molecule has 1 heteroatoms. The minimum atomic E-state index is 0.808. The third-order valence-electron chi connectivity index (χ3n) is 4.06. The lowest BCUT2D eigenvalue weighted by Crippen LogP contribution is -2.10. The Bertz CT molecular complexity index is 400. The van der Waals surface area contributed by atoms with Crippen LogP contribution in [-0.2, 0) is 6.42 Å². The molecule has 1 aromatic rings. The summed E-state index contributed by atoms with van der Waals surface area (Å²) in [4.78, 5) is 0. The SMILES string of the molecule is CCc1ccccc1C=C(CBr)C1CCCCC1. The van der Waals surface area contributed by atoms with Gasteiger partial charge in [0.25, 0.3) is 0 Å². The lowest BCUT2D eigenvalue weighted by molar-refractivity contribution is 0.405. The average molecular weight is 307 g/mol. The Balaban J connectivity index is 2.22. The molecule has 1 aromatic carbocycles. The van der Waals surface area contributed by atoms with Crippen molar-refractivity contribution in [3.05, 3.63) is 41.0 Å². The molecule has 0 amide bonds. The molecular weight excluding hydrogens is 284 g/mol. The molecule has 0 N–H and O–H groups in total. The van der Waals surface area contributed by atoms with Gasteiger partial charge in [0.2, 0.25) is 0 Å². The van der Waals surface area contributed by atoms with Crippen LogP contribution in [0.15, 0.2) is 29.8 Å². The highest BCUT2D eigenvalue weighted by Gasteiger charge is 2.17. The second-order valence-electron chi connectivity index (χ2n) is 5.24. The fourth-order valence-corrected chi connectivity index (χ4v) is 3.56. The Kier molecular flexibility index (Phi) is 5.49. The van der Waals surface area contributed by atoms with E-state index in [1.54, 1.807) is 5.57 Å². The van der Waals surface area contributed by atoms with E-state index in [0.717, 1.165) is 17.7 Å². The van der Waals surface area contributed by atoms with Crippen LogP contribution in [0, 0.1) is 5.92 Å². The maximum absolute atomic E-state index is 3.69. The Labute approximate surface area is 120 Å². The zero-order chi connectivity index (χ0) is 12.8. The first-order valence-electron chi connectivity index (χ1n) is 7.19. The quantitative estimate of drug-likeness (QED) is 0.634. The van der Waals surface area contributed by atoms with E-state index in [1.807, 2.05) is 0 Å². The van der Waals surface area contributed by atoms with Crippen LogP contribution < -0.4 is 0 Å². The lowest BCUT2D eigenvalue weighted by Gasteiger charge is -2.24. The molecule has 0 aromatic heterocycles. The van der Waals surface area contributed by atoms with Gasteiger partial charge in [-0.1, -0.05) is 78.0 Å². The first kappa shape index (κ1) is 13.9. The topological polar surface area (TPSA) is 0 Å². The summed E-state index contributed by atoms with van der Waals surface area (Å²) in [5.41, 5.74) is 4.47. The number of hydrogen-bond acceptors (Lipinski definition) is 0. The van der Waals surface area contributed by atoms with Gasteiger partial charge in [0.1, 0.15) is 0 Å². The molecular formula is C17H23Br. The van der Waals surface area contributed by atoms with Crippen molar-refractivity contribution in [1.82, 2.24) is 0 Å². The molecule has 18 heavy (non-hydrogen) atoms. The second kappa shape index (κ2) is 7.13. The molecule has 0 heterocycles. The van der Waals surface area contributed by atoms with Crippen LogP contribution in [0.3, 0.4) is 0 Å². The third kappa shape index (κ3) is 3.47. The predicted molar refractivity (Wildman–Crippen MR) is 84.2 cm³/mol. The molecule has 1 saturated carbocycles. The number of rotatable bonds is 4. The number of aryl methyl sites for hydroxylation is 1. The van der Waals surface area contributed by atoms with Crippen molar-refractivity contribution in [2.45, 2.75) is 45.4 Å². The van der Waals surface area contributed by atoms with E-state index < -0.39 is 0 Å². The van der Waals surface area contributed by atoms with Crippen molar-refractivity contribution in [2.75, 3.05) is 5.33 Å². The van der Waals surface area contributed by atoms with Crippen LogP contribution in [0.5, 0.6) is 0 Å². The molecule has 0 spiro atoms. The summed E-state index contributed by atoms with van der Waals surface area (Å²) in [6.07, 6.45) is 10.6. The average Bonchev–Trinajstić information content (AvgIpc) is 2.46. The third-order valence-corrected chi connectivity index (χ3v) is 4.71. The summed E-state index contributed by atoms with van der Waals surface area (Å²) < 4.78 is 0. The van der Waals surface area contributed by atoms with Gasteiger partial charge in [0, 0.05) is 5.33 Å². The molecule has 0 atom stereocenters. The zero-order valence-electron chi connectivity index (χ0n) is 11.3. The predicted octanol–water partition coefficient (Wildman–Crippen LogP) is 5.61. The van der Waals surface area contributed by atoms with E-state index >= 15 is 0 Å². The Hall–Kier alpha value is -0.560. The van der Waals surface area contributed by atoms with Gasteiger partial charge in [-0.25, -0.2) is 0 Å². The number of hydrogen-bond donors (Lipinski definition) is 0. The summed E-state index contributed by atoms with van der Waals surface area (Å²) in [5, 5.41) is 1.02. The smallest absolute Gasteiger partial charge is 0.0247 e. The second-order valence-corrected chi connectivity index (χ2v) is 5.80. The fraction of sp³-hybridized carbons (Fsp3) is 0.529. The minimum Gasteiger partial charge on any atom is -0.0880 e. The van der Waals surface area contributed by atoms with Crippen LogP contribution in [0.25, 0.3) is 6.08 Å². The summed E-state index contributed by atoms with van der Waals surface area (Å²) in [6, 6.07) is 8.80. The van der Waals surface area contributed by atoms with E-state index in [2.05, 4.69) is 53.2 Å². The van der Waals surface area contributed by atoms with Crippen LogP contribution >= 0.6 is 15.9 Å². The van der Waals surface area contributed by atoms with Crippen molar-refractivity contribution >= 4 is 22.0 Å². The largest absolute Gasteiger partial charge is 0.0880 e. The van der Waals surface area contributed by atoms with Crippen LogP contribution in [0.1, 0.15) is 50.2 Å². The van der Waals surface area contributed by atoms with Gasteiger partial charge < -0.3 is 0 Å². The maximum atomic E-state index is 3.69. The van der Waals surface area contributed by atoms with Crippen molar-refractivity contribution in [1.29, 1.82) is 0 Å². The summed E-state index contributed by atoms with van der Waals surface area (Å²) in [7, 11) is 0. The van der Waals surface area contributed by atoms with Crippen molar-refractivity contribution in [3.63, 3.8) is 0 Å². The van der Waals surface area contributed by atoms with Crippen molar-refractivity contribution in [2.24, 2.45) is 5.92 Å². The Morgan fingerprint density at radius 3 is 2.61 bits per heavy atom. The van der Waals surface area contributed by atoms with Gasteiger partial charge in [-0.3, -0.25) is 0 Å². The minimum absolute atomic E-state index is 0.808. The Morgan fingerprint density at radius 2 is 1.94 bits per heavy atom. The summed E-state index contributed by atoms with van der Waals surface area (Å²) >= 11 is 3.69. The highest BCUT2D eigenvalue weighted by atomic mass is 79.9. The normalized spacial score (nSPS) is 18.0. The first-order chi connectivity index (χ1) is 8.85. The van der Waals surface area contributed by atoms with Crippen LogP contribution in [0.4, 0.5) is 0 Å². The van der Waals surface area contributed by atoms with Crippen LogP contribution in [-0.4, -0.2) is 5.33 Å². The maximum Gasteiger partial charge on any atom is 0.0247 e. The van der Waals surface area contributed by atoms with Gasteiger partial charge in [-0.15, -0.1) is 0 Å². The fourth-order valence-electron chi connectivity index (χ4n) is 2.94. The van der Waals surface area contributed by atoms with Gasteiger partial charge in [-0.2, -0.15) is 0 Å². The molecule has 0 saturated heterocycles. The number of halogens is 1. The highest BCUT2D eigenvalue weighted by Crippen LogP contribution is 2.32. The Morgan fingerprint density at radius 1 is 1.22 bits per heavy atom. The summed E-state index contributed by atoms with van der Waals surface area (Å²) in [5.74, 6) is 0.808. The lowest BCUT2D eigenvalue weighted by atomic mass is 9.83. The van der Waals surface area contributed by atoms with Crippen molar-refractivity contribution < 1.29 is 0 Å². The van der Waals surface area contributed by atoms with Gasteiger partial charge >= 0.3 is 0 Å². The molecule has 0 radical (unpaired) electrons. The molecule has 0 unspecified atom stereocenters. The van der Waals surface area contributed by atoms with E-state index in [-0.39, 0.29) is 0 Å². The molecule has 1 aliphatic carbocycles. The standard InChI is InChI=1S/C17H23Br/c1-2-14-8-6-7-11-16(14)12-17(13-18)15-9-4-3-5-10-15/h6-8,11-12,15H,2-5,9-10,13H2,1H3. The van der Waals surface area contributed by atoms with E-state index in [0.29, 0.717) is 0 Å². The van der Waals surface area contributed by atoms with E-state index in [9.17, 15) is 0 Å².